The summed E-state index contributed by atoms with van der Waals surface area (Å²) < 4.78 is 29.6. The van der Waals surface area contributed by atoms with Gasteiger partial charge in [0.1, 0.15) is 4.21 Å². The monoisotopic (exact) mass is 490 g/mol. The summed E-state index contributed by atoms with van der Waals surface area (Å²) >= 11 is 7.91. The summed E-state index contributed by atoms with van der Waals surface area (Å²) in [5, 5.41) is 0.542. The standard InChI is InChI=1S/C19H11ClN4O4S3/c20-15-7-8-16(30-15)31(27,28)23-18-21-13-9-10(5-6-14(13)29-18)24-17(25)11-3-1-2-4-12(11)22-19(24)26/h1-9H,(H,21,23)(H,22,26). The minimum Gasteiger partial charge on any atom is -0.306 e. The van der Waals surface area contributed by atoms with Crippen LogP contribution in [0.2, 0.25) is 4.34 Å². The molecule has 5 aromatic rings. The molecule has 0 amide bonds. The molecule has 0 aliphatic carbocycles. The number of nitrogens with zero attached hydrogens (tertiary/aromatic N) is 2. The van der Waals surface area contributed by atoms with Crippen LogP contribution in [0.15, 0.2) is 68.4 Å². The average molecular weight is 491 g/mol. The molecule has 3 heterocycles. The maximum atomic E-state index is 12.9. The lowest BCUT2D eigenvalue weighted by Gasteiger charge is -2.06. The second kappa shape index (κ2) is 7.31. The van der Waals surface area contributed by atoms with Crippen LogP contribution in [0.3, 0.4) is 0 Å². The molecule has 0 atom stereocenters. The molecular weight excluding hydrogens is 480 g/mol. The van der Waals surface area contributed by atoms with Crippen LogP contribution in [0, 0.1) is 0 Å². The Morgan fingerprint density at radius 3 is 2.61 bits per heavy atom. The molecule has 0 aliphatic rings. The van der Waals surface area contributed by atoms with E-state index in [1.165, 1.54) is 12.1 Å². The average Bonchev–Trinajstić information content (AvgIpc) is 3.33. The summed E-state index contributed by atoms with van der Waals surface area (Å²) in [5.41, 5.74) is 0.199. The van der Waals surface area contributed by atoms with Crippen molar-refractivity contribution in [2.75, 3.05) is 4.72 Å². The number of aromatic nitrogens is 3. The molecular formula is C19H11ClN4O4S3. The van der Waals surface area contributed by atoms with Gasteiger partial charge < -0.3 is 4.98 Å². The van der Waals surface area contributed by atoms with Gasteiger partial charge in [0.2, 0.25) is 0 Å². The van der Waals surface area contributed by atoms with Crippen molar-refractivity contribution >= 4 is 70.5 Å². The molecule has 3 aromatic heterocycles. The first kappa shape index (κ1) is 19.9. The van der Waals surface area contributed by atoms with Gasteiger partial charge in [-0.1, -0.05) is 35.1 Å². The second-order valence-corrected chi connectivity index (χ2v) is 11.1. The number of halogens is 1. The maximum Gasteiger partial charge on any atom is 0.333 e. The van der Waals surface area contributed by atoms with Crippen molar-refractivity contribution in [3.05, 3.63) is 79.8 Å². The van der Waals surface area contributed by atoms with Crippen molar-refractivity contribution in [3.63, 3.8) is 0 Å². The van der Waals surface area contributed by atoms with Crippen molar-refractivity contribution in [2.24, 2.45) is 0 Å². The van der Waals surface area contributed by atoms with Gasteiger partial charge in [-0.25, -0.2) is 22.8 Å². The quantitative estimate of drug-likeness (QED) is 0.397. The first-order valence-electron chi connectivity index (χ1n) is 8.75. The van der Waals surface area contributed by atoms with Crippen LogP contribution in [-0.4, -0.2) is 23.0 Å². The number of rotatable bonds is 4. The lowest BCUT2D eigenvalue weighted by Crippen LogP contribution is -2.33. The molecule has 31 heavy (non-hydrogen) atoms. The molecule has 0 saturated heterocycles. The third-order valence-electron chi connectivity index (χ3n) is 4.47. The Morgan fingerprint density at radius 1 is 1.03 bits per heavy atom. The minimum absolute atomic E-state index is 0.0756. The summed E-state index contributed by atoms with van der Waals surface area (Å²) in [7, 11) is -3.82. The van der Waals surface area contributed by atoms with Crippen LogP contribution >= 0.6 is 34.3 Å². The molecule has 0 saturated carbocycles. The number of aromatic amines is 1. The highest BCUT2D eigenvalue weighted by atomic mass is 35.5. The van der Waals surface area contributed by atoms with Gasteiger partial charge >= 0.3 is 5.69 Å². The van der Waals surface area contributed by atoms with Gasteiger partial charge in [0, 0.05) is 0 Å². The van der Waals surface area contributed by atoms with Gasteiger partial charge in [-0.05, 0) is 42.5 Å². The lowest BCUT2D eigenvalue weighted by molar-refractivity contribution is 0.603. The van der Waals surface area contributed by atoms with E-state index in [0.717, 1.165) is 27.2 Å². The normalized spacial score (nSPS) is 11.9. The fraction of sp³-hybridized carbons (Fsp3) is 0. The van der Waals surface area contributed by atoms with Crippen molar-refractivity contribution in [1.29, 1.82) is 0 Å². The van der Waals surface area contributed by atoms with Gasteiger partial charge in [-0.2, -0.15) is 0 Å². The van der Waals surface area contributed by atoms with E-state index < -0.39 is 21.3 Å². The number of hydrogen-bond donors (Lipinski definition) is 2. The number of anilines is 1. The molecule has 0 radical (unpaired) electrons. The molecule has 0 fully saturated rings. The maximum absolute atomic E-state index is 12.9. The summed E-state index contributed by atoms with van der Waals surface area (Å²) in [6, 6.07) is 14.5. The largest absolute Gasteiger partial charge is 0.333 e. The smallest absolute Gasteiger partial charge is 0.306 e. The van der Waals surface area contributed by atoms with Gasteiger partial charge in [-0.15, -0.1) is 11.3 Å². The Morgan fingerprint density at radius 2 is 1.84 bits per heavy atom. The van der Waals surface area contributed by atoms with E-state index in [4.69, 9.17) is 11.6 Å². The molecule has 0 aliphatic heterocycles. The summed E-state index contributed by atoms with van der Waals surface area (Å²) in [6.07, 6.45) is 0. The van der Waals surface area contributed by atoms with E-state index in [9.17, 15) is 18.0 Å². The molecule has 5 rings (SSSR count). The molecule has 0 unspecified atom stereocenters. The Hall–Kier alpha value is -2.99. The number of thiazole rings is 1. The number of para-hydroxylation sites is 1. The topological polar surface area (TPSA) is 114 Å². The fourth-order valence-corrected chi connectivity index (χ4v) is 6.67. The molecule has 156 valence electrons. The van der Waals surface area contributed by atoms with E-state index in [1.54, 1.807) is 42.5 Å². The first-order valence-corrected chi connectivity index (χ1v) is 12.2. The zero-order valence-electron chi connectivity index (χ0n) is 15.3. The number of fused-ring (bicyclic) bond motifs is 2. The number of thiophene rings is 1. The van der Waals surface area contributed by atoms with E-state index in [0.29, 0.717) is 31.1 Å². The molecule has 2 aromatic carbocycles. The molecule has 2 N–H and O–H groups in total. The van der Waals surface area contributed by atoms with Gasteiger partial charge in [0.15, 0.2) is 5.13 Å². The number of nitrogens with one attached hydrogen (secondary N) is 2. The first-order chi connectivity index (χ1) is 14.8. The number of benzene rings is 2. The van der Waals surface area contributed by atoms with Gasteiger partial charge in [0.25, 0.3) is 15.6 Å². The molecule has 0 spiro atoms. The third kappa shape index (κ3) is 3.55. The molecule has 0 bridgehead atoms. The molecule has 12 heteroatoms. The van der Waals surface area contributed by atoms with Crippen molar-refractivity contribution in [3.8, 4) is 5.69 Å². The van der Waals surface area contributed by atoms with Crippen molar-refractivity contribution < 1.29 is 8.42 Å². The Labute approximate surface area is 187 Å². The van der Waals surface area contributed by atoms with Crippen LogP contribution in [0.1, 0.15) is 0 Å². The summed E-state index contributed by atoms with van der Waals surface area (Å²) in [4.78, 5) is 32.4. The fourth-order valence-electron chi connectivity index (χ4n) is 3.10. The Balaban J connectivity index is 1.57. The Kier molecular flexibility index (Phi) is 4.70. The summed E-state index contributed by atoms with van der Waals surface area (Å²) in [6.45, 7) is 0. The minimum atomic E-state index is -3.82. The zero-order valence-corrected chi connectivity index (χ0v) is 18.5. The Bertz CT molecular complexity index is 1700. The number of sulfonamides is 1. The summed E-state index contributed by atoms with van der Waals surface area (Å²) in [5.74, 6) is 0. The van der Waals surface area contributed by atoms with Gasteiger partial charge in [-0.3, -0.25) is 9.52 Å². The van der Waals surface area contributed by atoms with Crippen molar-refractivity contribution in [2.45, 2.75) is 4.21 Å². The number of H-pyrrole nitrogens is 1. The number of hydrogen-bond acceptors (Lipinski definition) is 7. The van der Waals surface area contributed by atoms with Crippen LogP contribution in [0.25, 0.3) is 26.8 Å². The highest BCUT2D eigenvalue weighted by Gasteiger charge is 2.19. The molecule has 8 nitrogen and oxygen atoms in total. The van der Waals surface area contributed by atoms with E-state index in [2.05, 4.69) is 14.7 Å². The third-order valence-corrected chi connectivity index (χ3v) is 8.61. The van der Waals surface area contributed by atoms with Crippen LogP contribution in [0.5, 0.6) is 0 Å². The van der Waals surface area contributed by atoms with E-state index >= 15 is 0 Å². The SMILES string of the molecule is O=c1[nH]c2ccccc2c(=O)n1-c1ccc2sc(NS(=O)(=O)c3ccc(Cl)s3)nc2c1. The predicted octanol–water partition coefficient (Wildman–Crippen LogP) is 3.80. The predicted molar refractivity (Wildman–Crippen MR) is 123 cm³/mol. The van der Waals surface area contributed by atoms with Crippen molar-refractivity contribution in [1.82, 2.24) is 14.5 Å². The zero-order chi connectivity index (χ0) is 21.8. The van der Waals surface area contributed by atoms with E-state index in [-0.39, 0.29) is 9.34 Å². The highest BCUT2D eigenvalue weighted by molar-refractivity contribution is 7.95. The van der Waals surface area contributed by atoms with Crippen LogP contribution in [0.4, 0.5) is 5.13 Å². The van der Waals surface area contributed by atoms with Crippen LogP contribution < -0.4 is 16.0 Å². The van der Waals surface area contributed by atoms with E-state index in [1.807, 2.05) is 0 Å². The second-order valence-electron chi connectivity index (χ2n) is 6.45. The van der Waals surface area contributed by atoms with Gasteiger partial charge in [0.05, 0.1) is 31.1 Å². The lowest BCUT2D eigenvalue weighted by atomic mass is 10.2. The van der Waals surface area contributed by atoms with Crippen LogP contribution in [-0.2, 0) is 10.0 Å². The highest BCUT2D eigenvalue weighted by Crippen LogP contribution is 2.31.